The zero-order valence-electron chi connectivity index (χ0n) is 17.3. The Hall–Kier alpha value is -1.73. The van der Waals surface area contributed by atoms with E-state index in [0.717, 1.165) is 11.3 Å². The number of imide groups is 1. The van der Waals surface area contributed by atoms with Crippen molar-refractivity contribution in [3.63, 3.8) is 0 Å². The fourth-order valence-electron chi connectivity index (χ4n) is 2.06. The molecule has 6 nitrogen and oxygen atoms in total. The second-order valence-electron chi connectivity index (χ2n) is 8.29. The van der Waals surface area contributed by atoms with Gasteiger partial charge in [0.05, 0.1) is 18.0 Å². The van der Waals surface area contributed by atoms with Crippen molar-refractivity contribution >= 4 is 25.9 Å². The average molecular weight is 380 g/mol. The summed E-state index contributed by atoms with van der Waals surface area (Å²) < 4.78 is 6.31. The van der Waals surface area contributed by atoms with Gasteiger partial charge in [0.1, 0.15) is 0 Å². The van der Waals surface area contributed by atoms with Crippen LogP contribution in [0.2, 0.25) is 18.1 Å². The summed E-state index contributed by atoms with van der Waals surface area (Å²) in [5.74, 6) is -0.198. The van der Waals surface area contributed by atoms with Crippen LogP contribution in [0.15, 0.2) is 12.3 Å². The van der Waals surface area contributed by atoms with Gasteiger partial charge in [0.2, 0.25) is 5.91 Å². The molecule has 2 N–H and O–H groups in total. The van der Waals surface area contributed by atoms with Crippen molar-refractivity contribution in [1.82, 2.24) is 10.3 Å². The monoisotopic (exact) mass is 379 g/mol. The van der Waals surface area contributed by atoms with Crippen molar-refractivity contribution in [1.29, 1.82) is 0 Å². The van der Waals surface area contributed by atoms with E-state index in [9.17, 15) is 9.59 Å². The molecule has 1 rings (SSSR count). The second-order valence-corrected chi connectivity index (χ2v) is 13.1. The first-order chi connectivity index (χ1) is 11.9. The number of nitrogens with one attached hydrogen (secondary N) is 2. The standard InChI is InChI=1S/C19H33N3O3Si/c1-9-15(23)21-18(24)22-17-14(10-11-20-16(17)13(2)3)12-25-26(7,8)19(4,5)6/h10-11,13H,9,12H2,1-8H3,(H2,21,22,23,24). The topological polar surface area (TPSA) is 80.3 Å². The second kappa shape index (κ2) is 8.77. The molecular weight excluding hydrogens is 346 g/mol. The molecule has 1 aromatic heterocycles. The van der Waals surface area contributed by atoms with E-state index in [1.165, 1.54) is 0 Å². The van der Waals surface area contributed by atoms with E-state index >= 15 is 0 Å². The first-order valence-electron chi connectivity index (χ1n) is 9.11. The normalized spacial score (nSPS) is 12.2. The fraction of sp³-hybridized carbons (Fsp3) is 0.632. The summed E-state index contributed by atoms with van der Waals surface area (Å²) in [5.41, 5.74) is 2.27. The number of carbonyl (C=O) groups excluding carboxylic acids is 2. The largest absolute Gasteiger partial charge is 0.412 e. The van der Waals surface area contributed by atoms with Gasteiger partial charge in [-0.15, -0.1) is 0 Å². The molecule has 0 spiro atoms. The Labute approximate surface area is 158 Å². The van der Waals surface area contributed by atoms with E-state index in [1.54, 1.807) is 13.1 Å². The number of nitrogens with zero attached hydrogens (tertiary/aromatic N) is 1. The summed E-state index contributed by atoms with van der Waals surface area (Å²) in [7, 11) is -1.93. The molecule has 1 heterocycles. The number of rotatable bonds is 6. The smallest absolute Gasteiger partial charge is 0.325 e. The first-order valence-corrected chi connectivity index (χ1v) is 12.0. The molecular formula is C19H33N3O3Si. The third-order valence-corrected chi connectivity index (χ3v) is 9.30. The highest BCUT2D eigenvalue weighted by molar-refractivity contribution is 6.74. The van der Waals surface area contributed by atoms with Crippen LogP contribution in [0.1, 0.15) is 65.1 Å². The zero-order valence-corrected chi connectivity index (χ0v) is 18.3. The van der Waals surface area contributed by atoms with E-state index in [-0.39, 0.29) is 23.3 Å². The Morgan fingerprint density at radius 3 is 2.38 bits per heavy atom. The van der Waals surface area contributed by atoms with Crippen molar-refractivity contribution in [3.8, 4) is 0 Å². The Balaban J connectivity index is 3.10. The summed E-state index contributed by atoms with van der Waals surface area (Å²) in [5, 5.41) is 5.22. The van der Waals surface area contributed by atoms with Gasteiger partial charge in [-0.2, -0.15) is 0 Å². The van der Waals surface area contributed by atoms with Gasteiger partial charge in [-0.1, -0.05) is 41.5 Å². The molecule has 0 bridgehead atoms. The van der Waals surface area contributed by atoms with Gasteiger partial charge < -0.3 is 9.74 Å². The van der Waals surface area contributed by atoms with Gasteiger partial charge in [0, 0.05) is 18.2 Å². The molecule has 0 aliphatic heterocycles. The maximum Gasteiger partial charge on any atom is 0.325 e. The minimum absolute atomic E-state index is 0.0966. The maximum atomic E-state index is 12.2. The molecule has 1 aromatic rings. The summed E-state index contributed by atoms with van der Waals surface area (Å²) in [6.07, 6.45) is 1.98. The third-order valence-electron chi connectivity index (χ3n) is 4.82. The summed E-state index contributed by atoms with van der Waals surface area (Å²) in [6, 6.07) is 1.32. The van der Waals surface area contributed by atoms with Gasteiger partial charge in [-0.3, -0.25) is 15.1 Å². The Morgan fingerprint density at radius 2 is 1.88 bits per heavy atom. The van der Waals surface area contributed by atoms with E-state index < -0.39 is 14.3 Å². The van der Waals surface area contributed by atoms with Crippen molar-refractivity contribution in [2.24, 2.45) is 0 Å². The van der Waals surface area contributed by atoms with Crippen LogP contribution in [-0.2, 0) is 15.8 Å². The van der Waals surface area contributed by atoms with Crippen LogP contribution in [0, 0.1) is 0 Å². The van der Waals surface area contributed by atoms with Gasteiger partial charge >= 0.3 is 6.03 Å². The molecule has 0 aliphatic rings. The van der Waals surface area contributed by atoms with Crippen molar-refractivity contribution in [3.05, 3.63) is 23.5 Å². The Kier molecular flexibility index (Phi) is 7.53. The van der Waals surface area contributed by atoms with E-state index in [0.29, 0.717) is 12.3 Å². The first kappa shape index (κ1) is 22.3. The SMILES string of the molecule is CCC(=O)NC(=O)Nc1c(CO[Si](C)(C)C(C)(C)C)ccnc1C(C)C. The number of hydrogen-bond acceptors (Lipinski definition) is 4. The van der Waals surface area contributed by atoms with Crippen LogP contribution in [-0.4, -0.2) is 25.2 Å². The number of amides is 3. The highest BCUT2D eigenvalue weighted by Crippen LogP contribution is 2.37. The molecule has 26 heavy (non-hydrogen) atoms. The Morgan fingerprint density at radius 1 is 1.27 bits per heavy atom. The lowest BCUT2D eigenvalue weighted by molar-refractivity contribution is -0.119. The van der Waals surface area contributed by atoms with Crippen LogP contribution in [0.3, 0.4) is 0 Å². The minimum atomic E-state index is -1.93. The minimum Gasteiger partial charge on any atom is -0.412 e. The van der Waals surface area contributed by atoms with Crippen LogP contribution in [0.4, 0.5) is 10.5 Å². The molecule has 7 heteroatoms. The number of anilines is 1. The molecule has 0 atom stereocenters. The third kappa shape index (κ3) is 5.91. The van der Waals surface area contributed by atoms with Gasteiger partial charge in [0.25, 0.3) is 0 Å². The number of urea groups is 1. The molecule has 0 saturated heterocycles. The highest BCUT2D eigenvalue weighted by atomic mass is 28.4. The van der Waals surface area contributed by atoms with Gasteiger partial charge in [-0.05, 0) is 30.1 Å². The van der Waals surface area contributed by atoms with Crippen molar-refractivity contribution < 1.29 is 14.0 Å². The molecule has 0 fully saturated rings. The number of hydrogen-bond donors (Lipinski definition) is 2. The average Bonchev–Trinajstić information content (AvgIpc) is 2.52. The van der Waals surface area contributed by atoms with Crippen LogP contribution in [0.5, 0.6) is 0 Å². The lowest BCUT2D eigenvalue weighted by Gasteiger charge is -2.36. The number of aromatic nitrogens is 1. The zero-order chi connectivity index (χ0) is 20.1. The highest BCUT2D eigenvalue weighted by Gasteiger charge is 2.37. The summed E-state index contributed by atoms with van der Waals surface area (Å²) in [4.78, 5) is 28.1. The lowest BCUT2D eigenvalue weighted by atomic mass is 10.0. The molecule has 0 radical (unpaired) electrons. The maximum absolute atomic E-state index is 12.2. The predicted molar refractivity (Wildman–Crippen MR) is 108 cm³/mol. The fourth-order valence-corrected chi connectivity index (χ4v) is 3.01. The lowest BCUT2D eigenvalue weighted by Crippen LogP contribution is -2.40. The van der Waals surface area contributed by atoms with Crippen LogP contribution < -0.4 is 10.6 Å². The van der Waals surface area contributed by atoms with Crippen LogP contribution >= 0.6 is 0 Å². The predicted octanol–water partition coefficient (Wildman–Crippen LogP) is 4.78. The summed E-state index contributed by atoms with van der Waals surface area (Å²) in [6.45, 7) is 17.1. The quantitative estimate of drug-likeness (QED) is 0.697. The molecule has 3 amide bonds. The van der Waals surface area contributed by atoms with Gasteiger partial charge in [0.15, 0.2) is 8.32 Å². The van der Waals surface area contributed by atoms with Crippen molar-refractivity contribution in [2.45, 2.75) is 78.6 Å². The molecule has 0 unspecified atom stereocenters. The van der Waals surface area contributed by atoms with E-state index in [2.05, 4.69) is 49.5 Å². The van der Waals surface area contributed by atoms with Crippen LogP contribution in [0.25, 0.3) is 0 Å². The Bertz CT molecular complexity index is 652. The van der Waals surface area contributed by atoms with Gasteiger partial charge in [-0.25, -0.2) is 4.79 Å². The van der Waals surface area contributed by atoms with Crippen molar-refractivity contribution in [2.75, 3.05) is 5.32 Å². The van der Waals surface area contributed by atoms with E-state index in [4.69, 9.17) is 4.43 Å². The van der Waals surface area contributed by atoms with E-state index in [1.807, 2.05) is 19.9 Å². The summed E-state index contributed by atoms with van der Waals surface area (Å²) >= 11 is 0. The number of carbonyl (C=O) groups is 2. The number of pyridine rings is 1. The molecule has 146 valence electrons. The molecule has 0 aliphatic carbocycles. The molecule has 0 saturated carbocycles. The molecule has 0 aromatic carbocycles.